The highest BCUT2D eigenvalue weighted by Crippen LogP contribution is 2.32. The summed E-state index contributed by atoms with van der Waals surface area (Å²) in [5, 5.41) is 33.7. The summed E-state index contributed by atoms with van der Waals surface area (Å²) in [6, 6.07) is 7.83. The molecule has 0 aromatic heterocycles. The summed E-state index contributed by atoms with van der Waals surface area (Å²) in [5.41, 5.74) is 4.65. The Bertz CT molecular complexity index is 1730. The van der Waals surface area contributed by atoms with Gasteiger partial charge in [-0.1, -0.05) is 119 Å². The summed E-state index contributed by atoms with van der Waals surface area (Å²) in [7, 11) is 1.85. The smallest absolute Gasteiger partial charge is 0.326 e. The highest BCUT2D eigenvalue weighted by Gasteiger charge is 2.50. The third-order valence-corrected chi connectivity index (χ3v) is 13.7. The lowest BCUT2D eigenvalue weighted by Gasteiger charge is -2.38. The summed E-state index contributed by atoms with van der Waals surface area (Å²) < 4.78 is 10.7. The third kappa shape index (κ3) is 19.1. The molecule has 0 radical (unpaired) electrons. The van der Waals surface area contributed by atoms with E-state index in [1.54, 1.807) is 6.92 Å². The highest BCUT2D eigenvalue weighted by atomic mass is 16.6. The number of aliphatic hydroxyl groups excluding tert-OH is 1. The number of hydrogen-bond donors (Lipinski definition) is 4. The molecule has 8 atom stereocenters. The van der Waals surface area contributed by atoms with Gasteiger partial charge in [-0.25, -0.2) is 4.79 Å². The standard InChI is InChI=1S/C40H63NO3.C14H21NO6/c1-7-38(41-36-27-25-31(2)26-28-36)32(3)19-14-10-8-11-15-20-33(4)39(42)30-40(43)34(5)21-16-12-9-13-17-22-35-23-18-24-37(29-35)44-6;1-9-5-4-8-21-14(9,20)11(16)12(17)15-7-3-2-6-10(15)13(18)19/h8,10-11,14,19,21,25-28,33,35,37-38,40-41,43H,7,9,12-13,15-18,20,22-24,29-30H2,1-6H3;9-10,20H,2-8H2,1H3,(H,18,19)/b11-8+,14-10+,32-19+,34-21+;/t33?,35-,37+,38?,40+;9?,10-,14+/m10/s1. The summed E-state index contributed by atoms with van der Waals surface area (Å²) in [6.45, 7) is 12.5. The van der Waals surface area contributed by atoms with Gasteiger partial charge in [-0.15, -0.1) is 0 Å². The second-order valence-electron chi connectivity index (χ2n) is 19.0. The highest BCUT2D eigenvalue weighted by molar-refractivity contribution is 6.39. The maximum absolute atomic E-state index is 12.7. The van der Waals surface area contributed by atoms with Crippen LogP contribution in [-0.4, -0.2) is 94.0 Å². The van der Waals surface area contributed by atoms with Crippen molar-refractivity contribution in [2.45, 2.75) is 194 Å². The zero-order valence-electron chi connectivity index (χ0n) is 40.9. The average Bonchev–Trinajstić information content (AvgIpc) is 3.31. The predicted octanol–water partition coefficient (Wildman–Crippen LogP) is 10.6. The Balaban J connectivity index is 0.000000443. The van der Waals surface area contributed by atoms with Crippen molar-refractivity contribution in [2.75, 3.05) is 25.6 Å². The number of likely N-dealkylation sites (tertiary alicyclic amines) is 1. The number of aliphatic hydroxyl groups is 2. The minimum atomic E-state index is -2.13. The van der Waals surface area contributed by atoms with E-state index in [0.717, 1.165) is 54.2 Å². The van der Waals surface area contributed by atoms with E-state index in [0.29, 0.717) is 44.2 Å². The Kier molecular flexibility index (Phi) is 25.3. The van der Waals surface area contributed by atoms with Crippen LogP contribution in [0.1, 0.15) is 162 Å². The van der Waals surface area contributed by atoms with Crippen LogP contribution in [0.2, 0.25) is 0 Å². The van der Waals surface area contributed by atoms with Gasteiger partial charge in [0.1, 0.15) is 11.8 Å². The second kappa shape index (κ2) is 29.7. The van der Waals surface area contributed by atoms with Crippen LogP contribution in [0.25, 0.3) is 0 Å². The largest absolute Gasteiger partial charge is 0.480 e. The first-order chi connectivity index (χ1) is 31.1. The number of amides is 1. The maximum Gasteiger partial charge on any atom is 0.326 e. The number of anilines is 1. The average molecular weight is 905 g/mol. The molecule has 364 valence electrons. The lowest BCUT2D eigenvalue weighted by Crippen LogP contribution is -2.59. The number of benzene rings is 1. The van der Waals surface area contributed by atoms with Gasteiger partial charge in [-0.3, -0.25) is 14.4 Å². The lowest BCUT2D eigenvalue weighted by molar-refractivity contribution is -0.240. The summed E-state index contributed by atoms with van der Waals surface area (Å²) >= 11 is 0. The number of aryl methyl sites for hydroxylation is 1. The molecule has 2 heterocycles. The van der Waals surface area contributed by atoms with Gasteiger partial charge in [0.15, 0.2) is 0 Å². The van der Waals surface area contributed by atoms with E-state index < -0.39 is 41.5 Å². The molecule has 1 aromatic rings. The molecule has 11 heteroatoms. The minimum Gasteiger partial charge on any atom is -0.480 e. The van der Waals surface area contributed by atoms with E-state index in [2.05, 4.69) is 86.8 Å². The number of aliphatic carboxylic acids is 1. The molecule has 1 aromatic carbocycles. The molecule has 3 unspecified atom stereocenters. The maximum atomic E-state index is 12.7. The van der Waals surface area contributed by atoms with Gasteiger partial charge in [0.05, 0.1) is 18.8 Å². The number of methoxy groups -OCH3 is 1. The van der Waals surface area contributed by atoms with Crippen molar-refractivity contribution in [3.63, 3.8) is 0 Å². The van der Waals surface area contributed by atoms with E-state index in [-0.39, 0.29) is 31.3 Å². The number of ketones is 2. The van der Waals surface area contributed by atoms with Crippen molar-refractivity contribution in [1.82, 2.24) is 4.90 Å². The first-order valence-corrected chi connectivity index (χ1v) is 24.8. The number of piperidine rings is 1. The molecule has 4 rings (SSSR count). The molecule has 2 saturated heterocycles. The molecule has 0 spiro atoms. The van der Waals surface area contributed by atoms with Crippen LogP contribution in [0.15, 0.2) is 71.9 Å². The Hall–Kier alpha value is -3.90. The minimum absolute atomic E-state index is 0.0466. The van der Waals surface area contributed by atoms with Crippen molar-refractivity contribution in [2.24, 2.45) is 17.8 Å². The molecule has 1 aliphatic carbocycles. The van der Waals surface area contributed by atoms with Gasteiger partial charge >= 0.3 is 5.97 Å². The zero-order chi connectivity index (χ0) is 47.8. The normalized spacial score (nSPS) is 24.5. The number of allylic oxidation sites excluding steroid dienone is 6. The monoisotopic (exact) mass is 905 g/mol. The molecule has 11 nitrogen and oxygen atoms in total. The van der Waals surface area contributed by atoms with Gasteiger partial charge in [0, 0.05) is 43.6 Å². The van der Waals surface area contributed by atoms with Crippen molar-refractivity contribution < 1.29 is 44.0 Å². The Labute approximate surface area is 391 Å². The van der Waals surface area contributed by atoms with Crippen LogP contribution < -0.4 is 5.32 Å². The van der Waals surface area contributed by atoms with E-state index in [1.165, 1.54) is 62.5 Å². The van der Waals surface area contributed by atoms with Crippen molar-refractivity contribution >= 4 is 29.1 Å². The number of carboxylic acid groups (broad SMARTS) is 1. The third-order valence-electron chi connectivity index (χ3n) is 13.7. The van der Waals surface area contributed by atoms with Crippen LogP contribution in [0.5, 0.6) is 0 Å². The van der Waals surface area contributed by atoms with Crippen LogP contribution in [0, 0.1) is 24.7 Å². The number of carbonyl (C=O) groups is 4. The number of carbonyl (C=O) groups excluding carboxylic acids is 3. The van der Waals surface area contributed by atoms with E-state index in [4.69, 9.17) is 14.6 Å². The Morgan fingerprint density at radius 1 is 0.938 bits per heavy atom. The quantitative estimate of drug-likeness (QED) is 0.0340. The number of carboxylic acids is 1. The van der Waals surface area contributed by atoms with Crippen LogP contribution in [0.3, 0.4) is 0 Å². The molecular formula is C54H84N2O9. The predicted molar refractivity (Wildman–Crippen MR) is 260 cm³/mol. The number of Topliss-reactive ketones (excluding diaryl/α,β-unsaturated/α-hetero) is 2. The summed E-state index contributed by atoms with van der Waals surface area (Å²) in [5.74, 6) is -4.80. The SMILES string of the molecule is CC1CCCO[C@@]1(O)C(=O)C(=O)N1CCCC[C@H]1C(=O)O.CCC(Nc1ccc(C)cc1)/C(C)=C/C=C/C=C/CCC(C)C(=O)C[C@H](O)/C(C)=C/CCCCCC[C@@H]1CCC[C@H](OC)C1. The Morgan fingerprint density at radius 3 is 2.37 bits per heavy atom. The van der Waals surface area contributed by atoms with E-state index in [9.17, 15) is 29.4 Å². The van der Waals surface area contributed by atoms with Gasteiger partial charge in [-0.2, -0.15) is 0 Å². The molecule has 0 bridgehead atoms. The second-order valence-corrected chi connectivity index (χ2v) is 19.0. The number of hydrogen-bond acceptors (Lipinski definition) is 9. The number of rotatable bonds is 24. The molecule has 2 aliphatic heterocycles. The van der Waals surface area contributed by atoms with Crippen molar-refractivity contribution in [3.8, 4) is 0 Å². The van der Waals surface area contributed by atoms with Gasteiger partial charge in [0.2, 0.25) is 5.79 Å². The number of ether oxygens (including phenoxy) is 2. The topological polar surface area (TPSA) is 163 Å². The van der Waals surface area contributed by atoms with Crippen LogP contribution in [-0.2, 0) is 28.7 Å². The number of nitrogens with one attached hydrogen (secondary N) is 1. The van der Waals surface area contributed by atoms with Crippen molar-refractivity contribution in [3.05, 3.63) is 77.4 Å². The fraction of sp³-hybridized carbons (Fsp3) is 0.667. The first kappa shape index (κ1) is 55.4. The molecule has 65 heavy (non-hydrogen) atoms. The Morgan fingerprint density at radius 2 is 1.68 bits per heavy atom. The molecule has 3 aliphatic rings. The molecule has 1 saturated carbocycles. The zero-order valence-corrected chi connectivity index (χ0v) is 40.9. The summed E-state index contributed by atoms with van der Waals surface area (Å²) in [6.07, 6.45) is 30.8. The van der Waals surface area contributed by atoms with E-state index >= 15 is 0 Å². The van der Waals surface area contributed by atoms with E-state index in [1.807, 2.05) is 21.0 Å². The molecule has 4 N–H and O–H groups in total. The van der Waals surface area contributed by atoms with Gasteiger partial charge in [0.25, 0.3) is 11.7 Å². The molecular weight excluding hydrogens is 821 g/mol. The summed E-state index contributed by atoms with van der Waals surface area (Å²) in [4.78, 5) is 49.7. The van der Waals surface area contributed by atoms with Crippen molar-refractivity contribution in [1.29, 1.82) is 0 Å². The number of nitrogens with zero attached hydrogens (tertiary/aromatic N) is 1. The fourth-order valence-electron chi connectivity index (χ4n) is 9.09. The number of unbranched alkanes of at least 4 members (excludes halogenated alkanes) is 4. The lowest BCUT2D eigenvalue weighted by atomic mass is 9.84. The van der Waals surface area contributed by atoms with Gasteiger partial charge in [-0.05, 0) is 121 Å². The first-order valence-electron chi connectivity index (χ1n) is 24.8. The molecule has 1 amide bonds. The van der Waals surface area contributed by atoms with Gasteiger partial charge < -0.3 is 35.0 Å². The van der Waals surface area contributed by atoms with Crippen LogP contribution in [0.4, 0.5) is 5.69 Å². The fourth-order valence-corrected chi connectivity index (χ4v) is 9.09. The van der Waals surface area contributed by atoms with Crippen LogP contribution >= 0.6 is 0 Å². The molecule has 3 fully saturated rings.